The molecule has 2 aromatic carbocycles. The summed E-state index contributed by atoms with van der Waals surface area (Å²) in [6, 6.07) is 16.9. The first-order valence-corrected chi connectivity index (χ1v) is 8.67. The number of carbonyl (C=O) groups excluding carboxylic acids is 2. The van der Waals surface area contributed by atoms with Gasteiger partial charge in [0.25, 0.3) is 5.91 Å². The van der Waals surface area contributed by atoms with Crippen LogP contribution in [0.4, 0.5) is 0 Å². The second-order valence-electron chi connectivity index (χ2n) is 5.84. The number of amides is 1. The number of aromatic nitrogens is 2. The van der Waals surface area contributed by atoms with E-state index in [-0.39, 0.29) is 6.54 Å². The summed E-state index contributed by atoms with van der Waals surface area (Å²) >= 11 is 5.96. The summed E-state index contributed by atoms with van der Waals surface area (Å²) in [6.07, 6.45) is 1.67. The van der Waals surface area contributed by atoms with Crippen molar-refractivity contribution in [3.05, 3.63) is 76.9 Å². The number of esters is 1. The van der Waals surface area contributed by atoms with Gasteiger partial charge in [0.05, 0.1) is 19.2 Å². The highest BCUT2D eigenvalue weighted by Gasteiger charge is 2.19. The highest BCUT2D eigenvalue weighted by atomic mass is 35.5. The Kier molecular flexibility index (Phi) is 5.88. The number of ether oxygens (including phenoxy) is 1. The van der Waals surface area contributed by atoms with Crippen molar-refractivity contribution in [1.82, 2.24) is 15.1 Å². The smallest absolute Gasteiger partial charge is 0.325 e. The largest absolute Gasteiger partial charge is 0.468 e. The lowest BCUT2D eigenvalue weighted by Gasteiger charge is -2.04. The molecule has 1 amide bonds. The second kappa shape index (κ2) is 8.51. The molecule has 0 saturated carbocycles. The second-order valence-corrected chi connectivity index (χ2v) is 6.28. The molecule has 27 heavy (non-hydrogen) atoms. The predicted molar refractivity (Wildman–Crippen MR) is 103 cm³/mol. The fourth-order valence-corrected chi connectivity index (χ4v) is 2.71. The minimum absolute atomic E-state index is 0.209. The maximum atomic E-state index is 12.6. The molecule has 138 valence electrons. The third kappa shape index (κ3) is 4.74. The number of hydrogen-bond donors (Lipinski definition) is 1. The summed E-state index contributed by atoms with van der Waals surface area (Å²) in [4.78, 5) is 23.9. The lowest BCUT2D eigenvalue weighted by molar-refractivity contribution is -0.139. The molecular weight excluding hydrogens is 366 g/mol. The quantitative estimate of drug-likeness (QED) is 0.663. The van der Waals surface area contributed by atoms with E-state index in [9.17, 15) is 9.59 Å². The monoisotopic (exact) mass is 383 g/mol. The number of nitrogens with one attached hydrogen (secondary N) is 1. The van der Waals surface area contributed by atoms with Crippen LogP contribution in [0.15, 0.2) is 60.8 Å². The van der Waals surface area contributed by atoms with Gasteiger partial charge in [-0.3, -0.25) is 14.3 Å². The molecule has 0 unspecified atom stereocenters. The summed E-state index contributed by atoms with van der Waals surface area (Å²) in [5.74, 6) is -0.919. The number of methoxy groups -OCH3 is 1. The molecule has 0 atom stereocenters. The van der Waals surface area contributed by atoms with E-state index in [1.165, 1.54) is 7.11 Å². The summed E-state index contributed by atoms with van der Waals surface area (Å²) in [7, 11) is 1.27. The van der Waals surface area contributed by atoms with Crippen LogP contribution in [0.3, 0.4) is 0 Å². The number of halogens is 1. The first-order valence-electron chi connectivity index (χ1n) is 8.29. The van der Waals surface area contributed by atoms with Gasteiger partial charge in [-0.1, -0.05) is 54.1 Å². The SMILES string of the molecule is COC(=O)CNC(=O)c1cn(Cc2ccccc2)nc1-c1ccc(Cl)cc1. The van der Waals surface area contributed by atoms with Crippen molar-refractivity contribution in [1.29, 1.82) is 0 Å². The van der Waals surface area contributed by atoms with E-state index < -0.39 is 11.9 Å². The van der Waals surface area contributed by atoms with Crippen LogP contribution < -0.4 is 5.32 Å². The van der Waals surface area contributed by atoms with E-state index in [1.54, 1.807) is 35.1 Å². The number of hydrogen-bond acceptors (Lipinski definition) is 4. The van der Waals surface area contributed by atoms with Crippen LogP contribution in [0.2, 0.25) is 5.02 Å². The molecule has 0 bridgehead atoms. The summed E-state index contributed by atoms with van der Waals surface area (Å²) in [5.41, 5.74) is 2.71. The van der Waals surface area contributed by atoms with E-state index >= 15 is 0 Å². The van der Waals surface area contributed by atoms with Crippen LogP contribution in [0, 0.1) is 0 Å². The van der Waals surface area contributed by atoms with Gasteiger partial charge in [-0.15, -0.1) is 0 Å². The Balaban J connectivity index is 1.92. The van der Waals surface area contributed by atoms with Crippen LogP contribution in [-0.2, 0) is 16.1 Å². The van der Waals surface area contributed by atoms with Gasteiger partial charge in [0.1, 0.15) is 12.2 Å². The minimum Gasteiger partial charge on any atom is -0.468 e. The molecule has 0 aliphatic carbocycles. The van der Waals surface area contributed by atoms with Gasteiger partial charge in [0, 0.05) is 16.8 Å². The van der Waals surface area contributed by atoms with Crippen molar-refractivity contribution in [3.63, 3.8) is 0 Å². The minimum atomic E-state index is -0.520. The highest BCUT2D eigenvalue weighted by Crippen LogP contribution is 2.24. The summed E-state index contributed by atoms with van der Waals surface area (Å²) < 4.78 is 6.26. The molecule has 0 spiro atoms. The molecule has 0 aliphatic heterocycles. The van der Waals surface area contributed by atoms with Gasteiger partial charge in [-0.2, -0.15) is 5.10 Å². The molecule has 1 heterocycles. The van der Waals surface area contributed by atoms with Crippen molar-refractivity contribution in [2.45, 2.75) is 6.54 Å². The van der Waals surface area contributed by atoms with Crippen LogP contribution >= 0.6 is 11.6 Å². The van der Waals surface area contributed by atoms with E-state index in [2.05, 4.69) is 15.2 Å². The van der Waals surface area contributed by atoms with Crippen molar-refractivity contribution in [2.75, 3.05) is 13.7 Å². The van der Waals surface area contributed by atoms with Crippen LogP contribution in [-0.4, -0.2) is 35.3 Å². The fourth-order valence-electron chi connectivity index (χ4n) is 2.58. The molecule has 1 aromatic heterocycles. The molecule has 7 heteroatoms. The van der Waals surface area contributed by atoms with Gasteiger partial charge in [0.2, 0.25) is 0 Å². The van der Waals surface area contributed by atoms with E-state index in [0.29, 0.717) is 22.8 Å². The zero-order chi connectivity index (χ0) is 19.2. The van der Waals surface area contributed by atoms with Gasteiger partial charge in [0.15, 0.2) is 0 Å². The number of rotatable bonds is 6. The van der Waals surface area contributed by atoms with Gasteiger partial charge in [-0.05, 0) is 17.7 Å². The van der Waals surface area contributed by atoms with E-state index in [1.807, 2.05) is 30.3 Å². The highest BCUT2D eigenvalue weighted by molar-refractivity contribution is 6.30. The molecule has 0 fully saturated rings. The molecule has 0 saturated heterocycles. The number of nitrogens with zero attached hydrogens (tertiary/aromatic N) is 2. The zero-order valence-electron chi connectivity index (χ0n) is 14.7. The first-order chi connectivity index (χ1) is 13.1. The summed E-state index contributed by atoms with van der Waals surface area (Å²) in [5, 5.41) is 7.72. The fraction of sp³-hybridized carbons (Fsp3) is 0.150. The average molecular weight is 384 g/mol. The Morgan fingerprint density at radius 1 is 1.11 bits per heavy atom. The van der Waals surface area contributed by atoms with Gasteiger partial charge < -0.3 is 10.1 Å². The molecule has 0 radical (unpaired) electrons. The Morgan fingerprint density at radius 2 is 1.81 bits per heavy atom. The lowest BCUT2D eigenvalue weighted by atomic mass is 10.1. The Morgan fingerprint density at radius 3 is 2.48 bits per heavy atom. The van der Waals surface area contributed by atoms with E-state index in [4.69, 9.17) is 11.6 Å². The van der Waals surface area contributed by atoms with Crippen molar-refractivity contribution in [2.24, 2.45) is 0 Å². The molecular formula is C20H18ClN3O3. The molecule has 6 nitrogen and oxygen atoms in total. The van der Waals surface area contributed by atoms with Crippen LogP contribution in [0.25, 0.3) is 11.3 Å². The Hall–Kier alpha value is -3.12. The van der Waals surface area contributed by atoms with Crippen molar-refractivity contribution in [3.8, 4) is 11.3 Å². The first kappa shape index (κ1) is 18.7. The summed E-state index contributed by atoms with van der Waals surface area (Å²) in [6.45, 7) is 0.310. The zero-order valence-corrected chi connectivity index (χ0v) is 15.4. The van der Waals surface area contributed by atoms with Crippen molar-refractivity contribution < 1.29 is 14.3 Å². The van der Waals surface area contributed by atoms with E-state index in [0.717, 1.165) is 11.1 Å². The third-order valence-corrected chi connectivity index (χ3v) is 4.18. The molecule has 3 rings (SSSR count). The maximum absolute atomic E-state index is 12.6. The Bertz CT molecular complexity index is 937. The Labute approximate surface area is 161 Å². The maximum Gasteiger partial charge on any atom is 0.325 e. The number of carbonyl (C=O) groups is 2. The van der Waals surface area contributed by atoms with Crippen molar-refractivity contribution >= 4 is 23.5 Å². The van der Waals surface area contributed by atoms with Crippen LogP contribution in [0.1, 0.15) is 15.9 Å². The van der Waals surface area contributed by atoms with Gasteiger partial charge in [-0.25, -0.2) is 0 Å². The number of benzene rings is 2. The van der Waals surface area contributed by atoms with Gasteiger partial charge >= 0.3 is 5.97 Å². The standard InChI is InChI=1S/C20H18ClN3O3/c1-27-18(25)11-22-20(26)17-13-24(12-14-5-3-2-4-6-14)23-19(17)15-7-9-16(21)10-8-15/h2-10,13H,11-12H2,1H3,(H,22,26). The molecule has 0 aliphatic rings. The molecule has 3 aromatic rings. The van der Waals surface area contributed by atoms with Crippen LogP contribution in [0.5, 0.6) is 0 Å². The predicted octanol–water partition coefficient (Wildman–Crippen LogP) is 3.15. The topological polar surface area (TPSA) is 73.2 Å². The lowest BCUT2D eigenvalue weighted by Crippen LogP contribution is -2.30. The normalized spacial score (nSPS) is 10.4. The molecule has 1 N–H and O–H groups in total. The average Bonchev–Trinajstić information content (AvgIpc) is 3.11. The third-order valence-electron chi connectivity index (χ3n) is 3.93.